The Labute approximate surface area is 95.2 Å². The first-order chi connectivity index (χ1) is 7.24. The highest BCUT2D eigenvalue weighted by Gasteiger charge is 1.99. The first-order valence-electron chi connectivity index (χ1n) is 4.26. The quantitative estimate of drug-likeness (QED) is 0.907. The van der Waals surface area contributed by atoms with E-state index in [1.165, 1.54) is 0 Å². The SMILES string of the molecule is Nc1nccc(Oc2cccc(Br)c2)n1. The van der Waals surface area contributed by atoms with Crippen LogP contribution >= 0.6 is 15.9 Å². The molecule has 2 aromatic rings. The van der Waals surface area contributed by atoms with Crippen molar-refractivity contribution in [3.63, 3.8) is 0 Å². The van der Waals surface area contributed by atoms with Crippen LogP contribution in [0.15, 0.2) is 41.0 Å². The lowest BCUT2D eigenvalue weighted by molar-refractivity contribution is 0.462. The fraction of sp³-hybridized carbons (Fsp3) is 0. The lowest BCUT2D eigenvalue weighted by atomic mass is 10.3. The third-order valence-electron chi connectivity index (χ3n) is 1.67. The van der Waals surface area contributed by atoms with Crippen LogP contribution in [0.3, 0.4) is 0 Å². The molecule has 0 aliphatic heterocycles. The maximum absolute atomic E-state index is 5.48. The Bertz CT molecular complexity index is 432. The molecule has 0 fully saturated rings. The minimum absolute atomic E-state index is 0.197. The number of benzene rings is 1. The summed E-state index contributed by atoms with van der Waals surface area (Å²) in [5.41, 5.74) is 5.43. The summed E-state index contributed by atoms with van der Waals surface area (Å²) in [6, 6.07) is 9.13. The highest BCUT2D eigenvalue weighted by Crippen LogP contribution is 2.22. The molecule has 2 N–H and O–H groups in total. The Morgan fingerprint density at radius 2 is 2.13 bits per heavy atom. The van der Waals surface area contributed by atoms with Crippen LogP contribution in [0.2, 0.25) is 0 Å². The Morgan fingerprint density at radius 3 is 2.87 bits per heavy atom. The van der Waals surface area contributed by atoms with Gasteiger partial charge in [-0.05, 0) is 18.2 Å². The highest BCUT2D eigenvalue weighted by atomic mass is 79.9. The largest absolute Gasteiger partial charge is 0.439 e. The molecule has 0 bridgehead atoms. The number of rotatable bonds is 2. The Hall–Kier alpha value is -1.62. The van der Waals surface area contributed by atoms with Crippen molar-refractivity contribution in [3.8, 4) is 11.6 Å². The summed E-state index contributed by atoms with van der Waals surface area (Å²) in [5.74, 6) is 1.32. The molecule has 76 valence electrons. The van der Waals surface area contributed by atoms with Crippen LogP contribution in [0.5, 0.6) is 11.6 Å². The van der Waals surface area contributed by atoms with E-state index in [2.05, 4.69) is 25.9 Å². The zero-order valence-electron chi connectivity index (χ0n) is 7.72. The van der Waals surface area contributed by atoms with Crippen LogP contribution in [0.25, 0.3) is 0 Å². The van der Waals surface area contributed by atoms with Crippen molar-refractivity contribution in [1.82, 2.24) is 9.97 Å². The fourth-order valence-corrected chi connectivity index (χ4v) is 1.44. The van der Waals surface area contributed by atoms with Gasteiger partial charge >= 0.3 is 0 Å². The molecule has 1 heterocycles. The Kier molecular flexibility index (Phi) is 2.82. The third kappa shape index (κ3) is 2.66. The van der Waals surface area contributed by atoms with Gasteiger partial charge in [-0.3, -0.25) is 0 Å². The first-order valence-corrected chi connectivity index (χ1v) is 5.05. The van der Waals surface area contributed by atoms with E-state index in [4.69, 9.17) is 10.5 Å². The molecule has 0 saturated heterocycles. The molecule has 15 heavy (non-hydrogen) atoms. The molecule has 0 aliphatic rings. The number of hydrogen-bond donors (Lipinski definition) is 1. The average molecular weight is 266 g/mol. The number of hydrogen-bond acceptors (Lipinski definition) is 4. The fourth-order valence-electron chi connectivity index (χ4n) is 1.06. The molecular formula is C10H8BrN3O. The maximum atomic E-state index is 5.48. The number of anilines is 1. The number of nitrogens with two attached hydrogens (primary N) is 1. The van der Waals surface area contributed by atoms with Gasteiger partial charge in [0, 0.05) is 16.7 Å². The van der Waals surface area contributed by atoms with Crippen molar-refractivity contribution in [2.75, 3.05) is 5.73 Å². The van der Waals surface area contributed by atoms with Gasteiger partial charge in [-0.1, -0.05) is 22.0 Å². The van der Waals surface area contributed by atoms with E-state index in [0.29, 0.717) is 11.6 Å². The molecule has 5 heteroatoms. The zero-order chi connectivity index (χ0) is 10.7. The molecule has 0 radical (unpaired) electrons. The van der Waals surface area contributed by atoms with Gasteiger partial charge in [0.05, 0.1) is 0 Å². The van der Waals surface area contributed by atoms with Crippen LogP contribution in [0, 0.1) is 0 Å². The molecule has 1 aromatic carbocycles. The predicted octanol–water partition coefficient (Wildman–Crippen LogP) is 2.61. The van der Waals surface area contributed by atoms with E-state index in [9.17, 15) is 0 Å². The molecule has 0 aliphatic carbocycles. The van der Waals surface area contributed by atoms with Crippen molar-refractivity contribution >= 4 is 21.9 Å². The van der Waals surface area contributed by atoms with E-state index in [-0.39, 0.29) is 5.95 Å². The molecule has 2 rings (SSSR count). The molecule has 0 atom stereocenters. The van der Waals surface area contributed by atoms with Gasteiger partial charge in [0.25, 0.3) is 0 Å². The second-order valence-corrected chi connectivity index (χ2v) is 3.73. The number of aromatic nitrogens is 2. The molecule has 0 amide bonds. The molecule has 0 unspecified atom stereocenters. The van der Waals surface area contributed by atoms with Gasteiger partial charge in [0.2, 0.25) is 11.8 Å². The molecule has 0 saturated carbocycles. The standard InChI is InChI=1S/C10H8BrN3O/c11-7-2-1-3-8(6-7)15-9-4-5-13-10(12)14-9/h1-6H,(H2,12,13,14). The van der Waals surface area contributed by atoms with Crippen LogP contribution in [0.1, 0.15) is 0 Å². The second kappa shape index (κ2) is 4.27. The molecule has 1 aromatic heterocycles. The number of nitrogens with zero attached hydrogens (tertiary/aromatic N) is 2. The Morgan fingerprint density at radius 1 is 1.27 bits per heavy atom. The second-order valence-electron chi connectivity index (χ2n) is 2.81. The molecular weight excluding hydrogens is 258 g/mol. The third-order valence-corrected chi connectivity index (χ3v) is 2.16. The molecule has 4 nitrogen and oxygen atoms in total. The van der Waals surface area contributed by atoms with Gasteiger partial charge in [-0.25, -0.2) is 4.98 Å². The average Bonchev–Trinajstić information content (AvgIpc) is 2.17. The van der Waals surface area contributed by atoms with Crippen molar-refractivity contribution in [3.05, 3.63) is 41.0 Å². The van der Waals surface area contributed by atoms with Crippen LogP contribution in [-0.2, 0) is 0 Å². The van der Waals surface area contributed by atoms with E-state index in [1.807, 2.05) is 24.3 Å². The zero-order valence-corrected chi connectivity index (χ0v) is 9.31. The highest BCUT2D eigenvalue weighted by molar-refractivity contribution is 9.10. The lowest BCUT2D eigenvalue weighted by Gasteiger charge is -2.04. The minimum Gasteiger partial charge on any atom is -0.439 e. The summed E-state index contributed by atoms with van der Waals surface area (Å²) in [4.78, 5) is 7.70. The summed E-state index contributed by atoms with van der Waals surface area (Å²) in [7, 11) is 0. The van der Waals surface area contributed by atoms with Crippen LogP contribution in [-0.4, -0.2) is 9.97 Å². The van der Waals surface area contributed by atoms with E-state index < -0.39 is 0 Å². The number of ether oxygens (including phenoxy) is 1. The normalized spacial score (nSPS) is 9.93. The number of halogens is 1. The summed E-state index contributed by atoms with van der Waals surface area (Å²) < 4.78 is 6.43. The smallest absolute Gasteiger partial charge is 0.224 e. The minimum atomic E-state index is 0.197. The van der Waals surface area contributed by atoms with Crippen molar-refractivity contribution in [2.24, 2.45) is 0 Å². The monoisotopic (exact) mass is 265 g/mol. The van der Waals surface area contributed by atoms with Gasteiger partial charge in [-0.15, -0.1) is 0 Å². The molecule has 0 spiro atoms. The predicted molar refractivity (Wildman–Crippen MR) is 60.7 cm³/mol. The number of nitrogen functional groups attached to an aromatic ring is 1. The van der Waals surface area contributed by atoms with E-state index in [0.717, 1.165) is 4.47 Å². The summed E-state index contributed by atoms with van der Waals surface area (Å²) in [5, 5.41) is 0. The Balaban J connectivity index is 2.22. The first kappa shape index (κ1) is 9.92. The van der Waals surface area contributed by atoms with Crippen molar-refractivity contribution < 1.29 is 4.74 Å². The van der Waals surface area contributed by atoms with E-state index >= 15 is 0 Å². The summed E-state index contributed by atoms with van der Waals surface area (Å²) in [6.07, 6.45) is 1.55. The van der Waals surface area contributed by atoms with Gasteiger partial charge in [0.1, 0.15) is 5.75 Å². The topological polar surface area (TPSA) is 61.0 Å². The lowest BCUT2D eigenvalue weighted by Crippen LogP contribution is -1.95. The van der Waals surface area contributed by atoms with Crippen molar-refractivity contribution in [2.45, 2.75) is 0 Å². The van der Waals surface area contributed by atoms with Crippen LogP contribution in [0.4, 0.5) is 5.95 Å². The maximum Gasteiger partial charge on any atom is 0.224 e. The van der Waals surface area contributed by atoms with E-state index in [1.54, 1.807) is 12.3 Å². The van der Waals surface area contributed by atoms with Crippen LogP contribution < -0.4 is 10.5 Å². The van der Waals surface area contributed by atoms with Gasteiger partial charge < -0.3 is 10.5 Å². The van der Waals surface area contributed by atoms with Gasteiger partial charge in [-0.2, -0.15) is 4.98 Å². The summed E-state index contributed by atoms with van der Waals surface area (Å²) >= 11 is 3.35. The van der Waals surface area contributed by atoms with Gasteiger partial charge in [0.15, 0.2) is 0 Å². The summed E-state index contributed by atoms with van der Waals surface area (Å²) in [6.45, 7) is 0. The van der Waals surface area contributed by atoms with Crippen molar-refractivity contribution in [1.29, 1.82) is 0 Å².